The van der Waals surface area contributed by atoms with Gasteiger partial charge in [0.2, 0.25) is 0 Å². The van der Waals surface area contributed by atoms with E-state index in [1.165, 1.54) is 0 Å². The molecule has 0 aliphatic rings. The number of pyridine rings is 1. The van der Waals surface area contributed by atoms with Gasteiger partial charge in [-0.05, 0) is 36.2 Å². The van der Waals surface area contributed by atoms with E-state index in [1.54, 1.807) is 30.5 Å². The van der Waals surface area contributed by atoms with Crippen LogP contribution >= 0.6 is 11.6 Å². The normalized spacial score (nSPS) is 11.9. The summed E-state index contributed by atoms with van der Waals surface area (Å²) in [7, 11) is 0. The Hall–Kier alpha value is -2.07. The number of hydrogen-bond acceptors (Lipinski definition) is 3. The van der Waals surface area contributed by atoms with Gasteiger partial charge in [-0.1, -0.05) is 30.7 Å². The number of anilines is 1. The SMILES string of the molecule is CCC(NC(=O)c1ncccc1N)c1ccc(Cl)cc1. The van der Waals surface area contributed by atoms with Crippen LogP contribution in [-0.4, -0.2) is 10.9 Å². The van der Waals surface area contributed by atoms with Gasteiger partial charge in [0.1, 0.15) is 0 Å². The van der Waals surface area contributed by atoms with Crippen molar-refractivity contribution in [1.82, 2.24) is 10.3 Å². The van der Waals surface area contributed by atoms with E-state index in [1.807, 2.05) is 19.1 Å². The summed E-state index contributed by atoms with van der Waals surface area (Å²) in [5.74, 6) is -0.273. The molecule has 3 N–H and O–H groups in total. The first-order chi connectivity index (χ1) is 9.61. The molecule has 2 rings (SSSR count). The van der Waals surface area contributed by atoms with Crippen LogP contribution in [0.2, 0.25) is 5.02 Å². The fourth-order valence-corrected chi connectivity index (χ4v) is 2.08. The van der Waals surface area contributed by atoms with Gasteiger partial charge in [-0.2, -0.15) is 0 Å². The Bertz CT molecular complexity index is 598. The fourth-order valence-electron chi connectivity index (χ4n) is 1.95. The van der Waals surface area contributed by atoms with E-state index in [2.05, 4.69) is 10.3 Å². The van der Waals surface area contributed by atoms with E-state index in [0.717, 1.165) is 12.0 Å². The third-order valence-electron chi connectivity index (χ3n) is 3.04. The second-order valence-electron chi connectivity index (χ2n) is 4.43. The summed E-state index contributed by atoms with van der Waals surface area (Å²) in [5, 5.41) is 3.61. The molecule has 0 aliphatic heterocycles. The average Bonchev–Trinajstić information content (AvgIpc) is 2.46. The molecule has 0 aliphatic carbocycles. The van der Waals surface area contributed by atoms with E-state index < -0.39 is 0 Å². The Morgan fingerprint density at radius 1 is 1.35 bits per heavy atom. The number of nitrogens with one attached hydrogen (secondary N) is 1. The Labute approximate surface area is 123 Å². The van der Waals surface area contributed by atoms with E-state index in [0.29, 0.717) is 10.7 Å². The lowest BCUT2D eigenvalue weighted by Gasteiger charge is -2.17. The van der Waals surface area contributed by atoms with Gasteiger partial charge in [0, 0.05) is 11.2 Å². The van der Waals surface area contributed by atoms with Crippen LogP contribution in [0.3, 0.4) is 0 Å². The predicted molar refractivity (Wildman–Crippen MR) is 80.6 cm³/mol. The summed E-state index contributed by atoms with van der Waals surface area (Å²) < 4.78 is 0. The Morgan fingerprint density at radius 3 is 2.65 bits per heavy atom. The van der Waals surface area contributed by atoms with Crippen LogP contribution in [0.15, 0.2) is 42.6 Å². The van der Waals surface area contributed by atoms with Gasteiger partial charge < -0.3 is 11.1 Å². The second kappa shape index (κ2) is 6.39. The van der Waals surface area contributed by atoms with E-state index >= 15 is 0 Å². The summed E-state index contributed by atoms with van der Waals surface area (Å²) in [5.41, 5.74) is 7.38. The molecule has 2 aromatic rings. The van der Waals surface area contributed by atoms with Gasteiger partial charge in [-0.25, -0.2) is 4.98 Å². The van der Waals surface area contributed by atoms with Crippen molar-refractivity contribution in [2.24, 2.45) is 0 Å². The molecule has 104 valence electrons. The first kappa shape index (κ1) is 14.3. The van der Waals surface area contributed by atoms with Crippen molar-refractivity contribution in [3.63, 3.8) is 0 Å². The lowest BCUT2D eigenvalue weighted by Crippen LogP contribution is -2.29. The molecule has 0 radical (unpaired) electrons. The van der Waals surface area contributed by atoms with Gasteiger partial charge in [0.05, 0.1) is 11.7 Å². The monoisotopic (exact) mass is 289 g/mol. The highest BCUT2D eigenvalue weighted by Gasteiger charge is 2.16. The minimum atomic E-state index is -0.273. The topological polar surface area (TPSA) is 68.0 Å². The zero-order chi connectivity index (χ0) is 14.5. The molecule has 1 atom stereocenters. The van der Waals surface area contributed by atoms with Gasteiger partial charge in [0.15, 0.2) is 5.69 Å². The molecule has 5 heteroatoms. The van der Waals surface area contributed by atoms with Gasteiger partial charge in [-0.15, -0.1) is 0 Å². The zero-order valence-corrected chi connectivity index (χ0v) is 11.9. The number of nitrogens with two attached hydrogens (primary N) is 1. The van der Waals surface area contributed by atoms with Gasteiger partial charge in [0.25, 0.3) is 5.91 Å². The fraction of sp³-hybridized carbons (Fsp3) is 0.200. The molecule has 20 heavy (non-hydrogen) atoms. The highest BCUT2D eigenvalue weighted by Crippen LogP contribution is 2.20. The first-order valence-electron chi connectivity index (χ1n) is 6.38. The lowest BCUT2D eigenvalue weighted by atomic mass is 10.0. The zero-order valence-electron chi connectivity index (χ0n) is 11.1. The number of rotatable bonds is 4. The number of nitrogen functional groups attached to an aromatic ring is 1. The van der Waals surface area contributed by atoms with Crippen molar-refractivity contribution in [3.05, 3.63) is 58.9 Å². The van der Waals surface area contributed by atoms with Crippen molar-refractivity contribution in [1.29, 1.82) is 0 Å². The van der Waals surface area contributed by atoms with Crippen molar-refractivity contribution in [3.8, 4) is 0 Å². The van der Waals surface area contributed by atoms with Crippen LogP contribution < -0.4 is 11.1 Å². The summed E-state index contributed by atoms with van der Waals surface area (Å²) in [6, 6.07) is 10.7. The van der Waals surface area contributed by atoms with Crippen LogP contribution in [0.1, 0.15) is 35.4 Å². The number of nitrogens with zero attached hydrogens (tertiary/aromatic N) is 1. The Kier molecular flexibility index (Phi) is 4.58. The van der Waals surface area contributed by atoms with E-state index in [-0.39, 0.29) is 17.6 Å². The number of carbonyl (C=O) groups excluding carboxylic acids is 1. The van der Waals surface area contributed by atoms with Crippen LogP contribution in [-0.2, 0) is 0 Å². The number of carbonyl (C=O) groups is 1. The van der Waals surface area contributed by atoms with Crippen molar-refractivity contribution >= 4 is 23.2 Å². The molecule has 4 nitrogen and oxygen atoms in total. The quantitative estimate of drug-likeness (QED) is 0.908. The van der Waals surface area contributed by atoms with Crippen molar-refractivity contribution in [2.45, 2.75) is 19.4 Å². The Morgan fingerprint density at radius 2 is 2.05 bits per heavy atom. The molecule has 0 spiro atoms. The molecule has 0 saturated heterocycles. The summed E-state index contributed by atoms with van der Waals surface area (Å²) in [6.45, 7) is 2.00. The lowest BCUT2D eigenvalue weighted by molar-refractivity contribution is 0.0931. The summed E-state index contributed by atoms with van der Waals surface area (Å²) in [6.07, 6.45) is 2.31. The molecule has 1 unspecified atom stereocenters. The largest absolute Gasteiger partial charge is 0.397 e. The minimum Gasteiger partial charge on any atom is -0.397 e. The van der Waals surface area contributed by atoms with E-state index in [4.69, 9.17) is 17.3 Å². The van der Waals surface area contributed by atoms with Crippen LogP contribution in [0.5, 0.6) is 0 Å². The maximum Gasteiger partial charge on any atom is 0.272 e. The minimum absolute atomic E-state index is 0.0961. The molecular formula is C15H16ClN3O. The smallest absolute Gasteiger partial charge is 0.272 e. The number of amides is 1. The highest BCUT2D eigenvalue weighted by atomic mass is 35.5. The maximum absolute atomic E-state index is 12.2. The molecule has 1 aromatic carbocycles. The molecule has 1 amide bonds. The van der Waals surface area contributed by atoms with Crippen molar-refractivity contribution in [2.75, 3.05) is 5.73 Å². The first-order valence-corrected chi connectivity index (χ1v) is 6.76. The standard InChI is InChI=1S/C15H16ClN3O/c1-2-13(10-5-7-11(16)8-6-10)19-15(20)14-12(17)4-3-9-18-14/h3-9,13H,2,17H2,1H3,(H,19,20). The summed E-state index contributed by atoms with van der Waals surface area (Å²) >= 11 is 5.87. The van der Waals surface area contributed by atoms with Crippen LogP contribution in [0, 0.1) is 0 Å². The average molecular weight is 290 g/mol. The predicted octanol–water partition coefficient (Wildman–Crippen LogP) is 3.20. The molecule has 1 heterocycles. The van der Waals surface area contributed by atoms with Crippen molar-refractivity contribution < 1.29 is 4.79 Å². The highest BCUT2D eigenvalue weighted by molar-refractivity contribution is 6.30. The molecule has 1 aromatic heterocycles. The Balaban J connectivity index is 2.16. The van der Waals surface area contributed by atoms with Gasteiger partial charge in [-0.3, -0.25) is 4.79 Å². The number of hydrogen-bond donors (Lipinski definition) is 2. The third kappa shape index (κ3) is 3.27. The number of halogens is 1. The molecular weight excluding hydrogens is 274 g/mol. The van der Waals surface area contributed by atoms with Gasteiger partial charge >= 0.3 is 0 Å². The maximum atomic E-state index is 12.2. The number of aromatic nitrogens is 1. The van der Waals surface area contributed by atoms with E-state index in [9.17, 15) is 4.79 Å². The van der Waals surface area contributed by atoms with Crippen LogP contribution in [0.4, 0.5) is 5.69 Å². The second-order valence-corrected chi connectivity index (χ2v) is 4.86. The molecule has 0 fully saturated rings. The third-order valence-corrected chi connectivity index (χ3v) is 3.29. The molecule has 0 bridgehead atoms. The number of benzene rings is 1. The van der Waals surface area contributed by atoms with Crippen LogP contribution in [0.25, 0.3) is 0 Å². The summed E-state index contributed by atoms with van der Waals surface area (Å²) in [4.78, 5) is 16.2. The molecule has 0 saturated carbocycles.